The standard InChI is InChI=1S/C20H22O5/c1-9-14-13(6-7-19(9,4)10(2)21)20(5)11(3)25-18(23)12-8-24-17(15(12)20)16(14)22/h8-9,11H,6-7H2,1-5H3/t9?,11-,19+,20-/m1/s1. The molecule has 0 saturated carbocycles. The van der Waals surface area contributed by atoms with Crippen molar-refractivity contribution >= 4 is 17.5 Å². The highest BCUT2D eigenvalue weighted by atomic mass is 16.5. The molecule has 25 heavy (non-hydrogen) atoms. The Labute approximate surface area is 146 Å². The predicted molar refractivity (Wildman–Crippen MR) is 89.5 cm³/mol. The van der Waals surface area contributed by atoms with Crippen LogP contribution in [0.25, 0.3) is 0 Å². The topological polar surface area (TPSA) is 73.6 Å². The molecule has 5 heteroatoms. The van der Waals surface area contributed by atoms with Crippen LogP contribution in [-0.4, -0.2) is 23.6 Å². The Morgan fingerprint density at radius 3 is 2.56 bits per heavy atom. The molecule has 1 unspecified atom stereocenters. The number of rotatable bonds is 1. The van der Waals surface area contributed by atoms with E-state index in [0.29, 0.717) is 29.5 Å². The SMILES string of the molecule is CC(=O)[C@@]1(C)CCC2=C(C(=O)c3occ4c3[C@]2(C)[C@@H](C)OC4=O)C1C. The van der Waals surface area contributed by atoms with Gasteiger partial charge in [-0.1, -0.05) is 13.8 Å². The van der Waals surface area contributed by atoms with Crippen LogP contribution in [0.3, 0.4) is 0 Å². The number of Topliss-reactive ketones (excluding diaryl/α,β-unsaturated/α-hetero) is 2. The van der Waals surface area contributed by atoms with Gasteiger partial charge in [-0.3, -0.25) is 9.59 Å². The number of cyclic esters (lactones) is 1. The molecule has 1 aliphatic heterocycles. The quantitative estimate of drug-likeness (QED) is 0.729. The normalized spacial score (nSPS) is 36.7. The molecule has 0 bridgehead atoms. The van der Waals surface area contributed by atoms with E-state index in [-0.39, 0.29) is 23.2 Å². The summed E-state index contributed by atoms with van der Waals surface area (Å²) in [6.07, 6.45) is 2.27. The van der Waals surface area contributed by atoms with E-state index in [1.54, 1.807) is 6.92 Å². The fourth-order valence-electron chi connectivity index (χ4n) is 4.92. The highest BCUT2D eigenvalue weighted by Gasteiger charge is 2.57. The van der Waals surface area contributed by atoms with Crippen LogP contribution >= 0.6 is 0 Å². The maximum Gasteiger partial charge on any atom is 0.342 e. The Hall–Kier alpha value is -2.17. The predicted octanol–water partition coefficient (Wildman–Crippen LogP) is 3.61. The number of ketones is 2. The third-order valence-corrected chi connectivity index (χ3v) is 7.12. The van der Waals surface area contributed by atoms with Crippen molar-refractivity contribution in [2.75, 3.05) is 0 Å². The second-order valence-electron chi connectivity index (χ2n) is 8.02. The maximum atomic E-state index is 13.2. The zero-order chi connectivity index (χ0) is 18.3. The van der Waals surface area contributed by atoms with Gasteiger partial charge in [0.2, 0.25) is 5.78 Å². The molecule has 4 rings (SSSR count). The van der Waals surface area contributed by atoms with Crippen molar-refractivity contribution in [1.29, 1.82) is 0 Å². The van der Waals surface area contributed by atoms with Gasteiger partial charge in [0.25, 0.3) is 0 Å². The fourth-order valence-corrected chi connectivity index (χ4v) is 4.92. The van der Waals surface area contributed by atoms with Crippen LogP contribution in [0.4, 0.5) is 0 Å². The lowest BCUT2D eigenvalue weighted by Gasteiger charge is -2.49. The second kappa shape index (κ2) is 4.71. The van der Waals surface area contributed by atoms with Crippen molar-refractivity contribution in [1.82, 2.24) is 0 Å². The summed E-state index contributed by atoms with van der Waals surface area (Å²) in [5.74, 6) is -0.498. The Morgan fingerprint density at radius 1 is 1.24 bits per heavy atom. The Balaban J connectivity index is 2.00. The van der Waals surface area contributed by atoms with Crippen LogP contribution in [0.1, 0.15) is 73.9 Å². The fraction of sp³-hybridized carbons (Fsp3) is 0.550. The molecule has 0 amide bonds. The Bertz CT molecular complexity index is 873. The van der Waals surface area contributed by atoms with Gasteiger partial charge in [-0.25, -0.2) is 4.79 Å². The van der Waals surface area contributed by atoms with Crippen molar-refractivity contribution in [3.05, 3.63) is 34.3 Å². The lowest BCUT2D eigenvalue weighted by atomic mass is 9.54. The van der Waals surface area contributed by atoms with Crippen LogP contribution in [0.15, 0.2) is 21.8 Å². The smallest absolute Gasteiger partial charge is 0.342 e. The first-order valence-electron chi connectivity index (χ1n) is 8.76. The van der Waals surface area contributed by atoms with Crippen LogP contribution in [0.2, 0.25) is 0 Å². The van der Waals surface area contributed by atoms with Gasteiger partial charge in [-0.05, 0) is 45.1 Å². The number of fused-ring (bicyclic) bond motifs is 1. The lowest BCUT2D eigenvalue weighted by molar-refractivity contribution is -0.128. The summed E-state index contributed by atoms with van der Waals surface area (Å²) in [6, 6.07) is 0. The first-order valence-corrected chi connectivity index (χ1v) is 8.76. The molecule has 5 nitrogen and oxygen atoms in total. The van der Waals surface area contributed by atoms with E-state index >= 15 is 0 Å². The Morgan fingerprint density at radius 2 is 1.92 bits per heavy atom. The summed E-state index contributed by atoms with van der Waals surface area (Å²) in [6.45, 7) is 9.37. The van der Waals surface area contributed by atoms with Gasteiger partial charge in [0.05, 0.1) is 5.41 Å². The number of carbonyl (C=O) groups is 3. The lowest BCUT2D eigenvalue weighted by Crippen LogP contribution is -2.51. The zero-order valence-corrected chi connectivity index (χ0v) is 15.2. The summed E-state index contributed by atoms with van der Waals surface area (Å²) in [5.41, 5.74) is 1.54. The average molecular weight is 342 g/mol. The summed E-state index contributed by atoms with van der Waals surface area (Å²) >= 11 is 0. The molecule has 0 aromatic carbocycles. The molecule has 0 spiro atoms. The number of esters is 1. The van der Waals surface area contributed by atoms with Gasteiger partial charge in [-0.15, -0.1) is 0 Å². The van der Waals surface area contributed by atoms with Gasteiger partial charge < -0.3 is 9.15 Å². The highest BCUT2D eigenvalue weighted by molar-refractivity contribution is 6.13. The van der Waals surface area contributed by atoms with Crippen molar-refractivity contribution in [3.63, 3.8) is 0 Å². The molecule has 2 aliphatic carbocycles. The summed E-state index contributed by atoms with van der Waals surface area (Å²) in [5, 5.41) is 0. The minimum absolute atomic E-state index is 0.0959. The minimum atomic E-state index is -0.582. The molecule has 1 aromatic rings. The van der Waals surface area contributed by atoms with Crippen molar-refractivity contribution in [2.45, 2.75) is 59.0 Å². The van der Waals surface area contributed by atoms with E-state index in [2.05, 4.69) is 0 Å². The number of furan rings is 1. The second-order valence-corrected chi connectivity index (χ2v) is 8.02. The van der Waals surface area contributed by atoms with Gasteiger partial charge in [-0.2, -0.15) is 0 Å². The third-order valence-electron chi connectivity index (χ3n) is 7.12. The van der Waals surface area contributed by atoms with Gasteiger partial charge in [0.1, 0.15) is 23.7 Å². The molecule has 4 atom stereocenters. The summed E-state index contributed by atoms with van der Waals surface area (Å²) in [7, 11) is 0. The van der Waals surface area contributed by atoms with Gasteiger partial charge in [0.15, 0.2) is 5.76 Å². The summed E-state index contributed by atoms with van der Waals surface area (Å²) in [4.78, 5) is 37.7. The number of hydrogen-bond donors (Lipinski definition) is 0. The van der Waals surface area contributed by atoms with Crippen LogP contribution in [-0.2, 0) is 14.9 Å². The Kier molecular flexibility index (Phi) is 3.07. The van der Waals surface area contributed by atoms with Crippen molar-refractivity contribution in [3.8, 4) is 0 Å². The third kappa shape index (κ3) is 1.71. The van der Waals surface area contributed by atoms with Gasteiger partial charge >= 0.3 is 5.97 Å². The number of allylic oxidation sites excluding steroid dienone is 1. The molecule has 0 radical (unpaired) electrons. The highest BCUT2D eigenvalue weighted by Crippen LogP contribution is 2.57. The first kappa shape index (κ1) is 16.3. The average Bonchev–Trinajstić information content (AvgIpc) is 3.00. The van der Waals surface area contributed by atoms with Gasteiger partial charge in [0, 0.05) is 16.6 Å². The van der Waals surface area contributed by atoms with E-state index in [1.807, 2.05) is 27.7 Å². The molecule has 0 fully saturated rings. The number of hydrogen-bond acceptors (Lipinski definition) is 5. The molecular weight excluding hydrogens is 320 g/mol. The number of ether oxygens (including phenoxy) is 1. The minimum Gasteiger partial charge on any atom is -0.460 e. The van der Waals surface area contributed by atoms with E-state index in [9.17, 15) is 14.4 Å². The van der Waals surface area contributed by atoms with Crippen LogP contribution < -0.4 is 0 Å². The molecular formula is C20H22O5. The monoisotopic (exact) mass is 342 g/mol. The molecule has 3 aliphatic rings. The van der Waals surface area contributed by atoms with E-state index < -0.39 is 22.9 Å². The molecule has 0 saturated heterocycles. The van der Waals surface area contributed by atoms with E-state index in [1.165, 1.54) is 6.26 Å². The first-order chi connectivity index (χ1) is 11.6. The molecule has 1 aromatic heterocycles. The van der Waals surface area contributed by atoms with E-state index in [0.717, 1.165) is 5.57 Å². The largest absolute Gasteiger partial charge is 0.460 e. The number of carbonyl (C=O) groups excluding carboxylic acids is 3. The molecule has 0 N–H and O–H groups in total. The van der Waals surface area contributed by atoms with Crippen molar-refractivity contribution < 1.29 is 23.5 Å². The van der Waals surface area contributed by atoms with Crippen LogP contribution in [0, 0.1) is 11.3 Å². The maximum absolute atomic E-state index is 13.2. The molecule has 132 valence electrons. The van der Waals surface area contributed by atoms with E-state index in [4.69, 9.17) is 9.15 Å². The molecule has 2 heterocycles. The van der Waals surface area contributed by atoms with Crippen LogP contribution in [0.5, 0.6) is 0 Å². The van der Waals surface area contributed by atoms with Crippen molar-refractivity contribution in [2.24, 2.45) is 11.3 Å². The summed E-state index contributed by atoms with van der Waals surface area (Å²) < 4.78 is 11.1. The zero-order valence-electron chi connectivity index (χ0n) is 15.2.